The van der Waals surface area contributed by atoms with Crippen molar-refractivity contribution in [3.63, 3.8) is 0 Å². The topological polar surface area (TPSA) is 46.2 Å². The zero-order valence-corrected chi connectivity index (χ0v) is 24.2. The summed E-state index contributed by atoms with van der Waals surface area (Å²) in [6.45, 7) is 26.9. The van der Waals surface area contributed by atoms with E-state index in [1.807, 2.05) is 0 Å². The summed E-state index contributed by atoms with van der Waals surface area (Å²) in [6.07, 6.45) is 1.35. The highest BCUT2D eigenvalue weighted by Crippen LogP contribution is 2.40. The van der Waals surface area contributed by atoms with Gasteiger partial charge in [-0.1, -0.05) is 41.5 Å². The molecule has 0 amide bonds. The van der Waals surface area contributed by atoms with Crippen molar-refractivity contribution in [2.45, 2.75) is 131 Å². The number of rotatable bonds is 8. The second kappa shape index (κ2) is 10.7. The molecule has 2 aliphatic rings. The lowest BCUT2D eigenvalue weighted by molar-refractivity contribution is -0.322. The lowest BCUT2D eigenvalue weighted by Crippen LogP contribution is -2.61. The van der Waals surface area contributed by atoms with Gasteiger partial charge >= 0.3 is 0 Å². The van der Waals surface area contributed by atoms with E-state index in [9.17, 15) is 0 Å². The van der Waals surface area contributed by atoms with E-state index in [1.54, 1.807) is 0 Å². The van der Waals surface area contributed by atoms with Gasteiger partial charge in [0, 0.05) is 11.8 Å². The van der Waals surface area contributed by atoms with Crippen LogP contribution in [0.4, 0.5) is 0 Å². The normalized spacial score (nSPS) is 42.6. The molecule has 184 valence electrons. The summed E-state index contributed by atoms with van der Waals surface area (Å²) in [6, 6.07) is 0. The summed E-state index contributed by atoms with van der Waals surface area (Å²) in [5.74, 6) is 1.51. The fourth-order valence-electron chi connectivity index (χ4n) is 4.86. The first kappa shape index (κ1) is 27.5. The second-order valence-electron chi connectivity index (χ2n) is 11.9. The van der Waals surface area contributed by atoms with Crippen LogP contribution in [-0.4, -0.2) is 53.6 Å². The fourth-order valence-corrected chi connectivity index (χ4v) is 7.00. The summed E-state index contributed by atoms with van der Waals surface area (Å²) in [7, 11) is -3.57. The highest BCUT2D eigenvalue weighted by molar-refractivity contribution is 6.70. The summed E-state index contributed by atoms with van der Waals surface area (Å²) < 4.78 is 33.1. The minimum Gasteiger partial charge on any atom is -0.412 e. The summed E-state index contributed by atoms with van der Waals surface area (Å²) >= 11 is 0. The van der Waals surface area contributed by atoms with E-state index in [-0.39, 0.29) is 42.9 Å². The smallest absolute Gasteiger partial charge is 0.187 e. The van der Waals surface area contributed by atoms with Crippen LogP contribution in [0.25, 0.3) is 0 Å². The maximum absolute atomic E-state index is 6.81. The lowest BCUT2D eigenvalue weighted by atomic mass is 9.78. The summed E-state index contributed by atoms with van der Waals surface area (Å²) in [5.41, 5.74) is 0. The molecular formula is C24H50O5Si2. The Labute approximate surface area is 194 Å². The zero-order chi connectivity index (χ0) is 23.7. The average molecular weight is 475 g/mol. The third-order valence-corrected chi connectivity index (χ3v) is 8.90. The summed E-state index contributed by atoms with van der Waals surface area (Å²) in [4.78, 5) is 0. The van der Waals surface area contributed by atoms with E-state index in [0.717, 1.165) is 12.8 Å². The van der Waals surface area contributed by atoms with Crippen molar-refractivity contribution in [1.82, 2.24) is 0 Å². The fraction of sp³-hybridized carbons (Fsp3) is 1.00. The monoisotopic (exact) mass is 474 g/mol. The molecule has 2 saturated heterocycles. The standard InChI is InChI=1S/C24H50O5Si2/c1-13-19-16(4)15(3)17(5)23(25-19)27-22-20(14-2)26-24(29-31(10,11)12)18(6)21(22)28-30(7,8)9/h15-24H,13-14H2,1-12H3/t15-,16-,17?,18?,19?,20?,21+,22+,23-,24-/m0/s1. The maximum Gasteiger partial charge on any atom is 0.187 e. The van der Waals surface area contributed by atoms with Crippen molar-refractivity contribution in [1.29, 1.82) is 0 Å². The molecule has 31 heavy (non-hydrogen) atoms. The van der Waals surface area contributed by atoms with Crippen LogP contribution >= 0.6 is 0 Å². The van der Waals surface area contributed by atoms with Gasteiger partial charge < -0.3 is 23.1 Å². The molecule has 0 aromatic rings. The van der Waals surface area contributed by atoms with E-state index >= 15 is 0 Å². The molecule has 4 unspecified atom stereocenters. The van der Waals surface area contributed by atoms with Crippen LogP contribution in [0, 0.1) is 23.7 Å². The van der Waals surface area contributed by atoms with Gasteiger partial charge in [0.1, 0.15) is 6.10 Å². The number of hydrogen-bond acceptors (Lipinski definition) is 5. The molecule has 10 atom stereocenters. The van der Waals surface area contributed by atoms with Gasteiger partial charge in [-0.2, -0.15) is 0 Å². The molecular weight excluding hydrogens is 424 g/mol. The minimum absolute atomic E-state index is 0.0581. The SMILES string of the molecule is CCC1O[C@@H](O[C@@H]2C(CC)O[C@@H](O[Si](C)(C)C)C(C)[C@H]2O[Si](C)(C)C)C(C)[C@@H](C)[C@@H]1C. The predicted molar refractivity (Wildman–Crippen MR) is 132 cm³/mol. The van der Waals surface area contributed by atoms with Crippen LogP contribution < -0.4 is 0 Å². The van der Waals surface area contributed by atoms with E-state index < -0.39 is 16.6 Å². The van der Waals surface area contributed by atoms with Gasteiger partial charge in [-0.25, -0.2) is 0 Å². The largest absolute Gasteiger partial charge is 0.412 e. The Morgan fingerprint density at radius 3 is 1.58 bits per heavy atom. The molecule has 2 fully saturated rings. The van der Waals surface area contributed by atoms with Crippen LogP contribution in [0.2, 0.25) is 39.3 Å². The van der Waals surface area contributed by atoms with Gasteiger partial charge in [0.05, 0.1) is 18.3 Å². The first-order chi connectivity index (χ1) is 14.2. The third kappa shape index (κ3) is 7.11. The Balaban J connectivity index is 2.31. The van der Waals surface area contributed by atoms with Crippen molar-refractivity contribution in [2.75, 3.05) is 0 Å². The minimum atomic E-state index is -1.81. The van der Waals surface area contributed by atoms with Gasteiger partial charge in [-0.05, 0) is 64.0 Å². The van der Waals surface area contributed by atoms with Gasteiger partial charge in [0.25, 0.3) is 0 Å². The number of ether oxygens (including phenoxy) is 3. The molecule has 5 nitrogen and oxygen atoms in total. The molecule has 7 heteroatoms. The second-order valence-corrected chi connectivity index (χ2v) is 20.8. The molecule has 0 spiro atoms. The van der Waals surface area contributed by atoms with E-state index in [2.05, 4.69) is 80.8 Å². The molecule has 0 bridgehead atoms. The zero-order valence-electron chi connectivity index (χ0n) is 22.2. The molecule has 2 heterocycles. The van der Waals surface area contributed by atoms with Crippen LogP contribution in [0.15, 0.2) is 0 Å². The van der Waals surface area contributed by atoms with Crippen LogP contribution in [-0.2, 0) is 23.1 Å². The molecule has 0 saturated carbocycles. The Morgan fingerprint density at radius 1 is 0.581 bits per heavy atom. The van der Waals surface area contributed by atoms with Crippen molar-refractivity contribution >= 4 is 16.6 Å². The Kier molecular flexibility index (Phi) is 9.45. The third-order valence-electron chi connectivity index (χ3n) is 6.99. The highest BCUT2D eigenvalue weighted by Gasteiger charge is 2.50. The van der Waals surface area contributed by atoms with Crippen molar-refractivity contribution in [3.05, 3.63) is 0 Å². The first-order valence-electron chi connectivity index (χ1n) is 12.5. The number of hydrogen-bond donors (Lipinski definition) is 0. The quantitative estimate of drug-likeness (QED) is 0.389. The van der Waals surface area contributed by atoms with Gasteiger partial charge in [0.2, 0.25) is 0 Å². The Bertz CT molecular complexity index is 559. The van der Waals surface area contributed by atoms with E-state index in [4.69, 9.17) is 23.1 Å². The molecule has 0 N–H and O–H groups in total. The summed E-state index contributed by atoms with van der Waals surface area (Å²) in [5, 5.41) is 0. The van der Waals surface area contributed by atoms with E-state index in [1.165, 1.54) is 0 Å². The Morgan fingerprint density at radius 2 is 1.10 bits per heavy atom. The van der Waals surface area contributed by atoms with Crippen molar-refractivity contribution in [3.8, 4) is 0 Å². The van der Waals surface area contributed by atoms with E-state index in [0.29, 0.717) is 17.8 Å². The van der Waals surface area contributed by atoms with Gasteiger partial charge in [-0.3, -0.25) is 0 Å². The Hall–Kier alpha value is 0.234. The van der Waals surface area contributed by atoms with Crippen LogP contribution in [0.3, 0.4) is 0 Å². The molecule has 2 rings (SSSR count). The van der Waals surface area contributed by atoms with Gasteiger partial charge in [-0.15, -0.1) is 0 Å². The molecule has 0 aromatic heterocycles. The molecule has 0 aliphatic carbocycles. The van der Waals surface area contributed by atoms with Crippen LogP contribution in [0.1, 0.15) is 54.4 Å². The van der Waals surface area contributed by atoms with Gasteiger partial charge in [0.15, 0.2) is 29.2 Å². The maximum atomic E-state index is 6.81. The first-order valence-corrected chi connectivity index (χ1v) is 19.3. The highest BCUT2D eigenvalue weighted by atomic mass is 28.4. The lowest BCUT2D eigenvalue weighted by Gasteiger charge is -2.51. The molecule has 2 aliphatic heterocycles. The molecule has 0 aromatic carbocycles. The average Bonchev–Trinajstić information content (AvgIpc) is 2.64. The van der Waals surface area contributed by atoms with Crippen molar-refractivity contribution in [2.24, 2.45) is 23.7 Å². The predicted octanol–water partition coefficient (Wildman–Crippen LogP) is 6.26. The van der Waals surface area contributed by atoms with Crippen LogP contribution in [0.5, 0.6) is 0 Å². The van der Waals surface area contributed by atoms with Crippen molar-refractivity contribution < 1.29 is 23.1 Å². The molecule has 0 radical (unpaired) electrons.